The molecule has 0 aliphatic carbocycles. The van der Waals surface area contributed by atoms with Crippen molar-refractivity contribution in [1.82, 2.24) is 9.62 Å². The molecule has 8 heteroatoms. The SMILES string of the molecule is CN(C)S(=O)(=O)c1cccc(C(=O)CNCc2ccc3c(c2)OCO3)c1. The number of ether oxygens (including phenoxy) is 2. The lowest BCUT2D eigenvalue weighted by Crippen LogP contribution is -2.24. The van der Waals surface area contributed by atoms with Crippen molar-refractivity contribution in [2.75, 3.05) is 27.4 Å². The lowest BCUT2D eigenvalue weighted by atomic mass is 10.1. The van der Waals surface area contributed by atoms with Gasteiger partial charge in [0.1, 0.15) is 0 Å². The number of rotatable bonds is 7. The van der Waals surface area contributed by atoms with Gasteiger partial charge in [-0.05, 0) is 29.8 Å². The summed E-state index contributed by atoms with van der Waals surface area (Å²) < 4.78 is 36.1. The van der Waals surface area contributed by atoms with E-state index in [1.807, 2.05) is 18.2 Å². The van der Waals surface area contributed by atoms with E-state index < -0.39 is 10.0 Å². The Bertz CT molecular complexity index is 925. The zero-order valence-corrected chi connectivity index (χ0v) is 15.4. The molecule has 0 fully saturated rings. The standard InChI is InChI=1S/C18H20N2O5S/c1-20(2)26(22,23)15-5-3-4-14(9-15)16(21)11-19-10-13-6-7-17-18(8-13)25-12-24-17/h3-9,19H,10-12H2,1-2H3. The largest absolute Gasteiger partial charge is 0.454 e. The van der Waals surface area contributed by atoms with Crippen molar-refractivity contribution in [3.63, 3.8) is 0 Å². The fourth-order valence-electron chi connectivity index (χ4n) is 2.51. The van der Waals surface area contributed by atoms with Crippen LogP contribution in [0.1, 0.15) is 15.9 Å². The van der Waals surface area contributed by atoms with Crippen molar-refractivity contribution in [2.24, 2.45) is 0 Å². The summed E-state index contributed by atoms with van der Waals surface area (Å²) >= 11 is 0. The van der Waals surface area contributed by atoms with Gasteiger partial charge in [0.15, 0.2) is 17.3 Å². The molecule has 1 heterocycles. The third-order valence-corrected chi connectivity index (χ3v) is 5.80. The Morgan fingerprint density at radius 2 is 1.88 bits per heavy atom. The number of nitrogens with one attached hydrogen (secondary N) is 1. The highest BCUT2D eigenvalue weighted by Crippen LogP contribution is 2.32. The van der Waals surface area contributed by atoms with Gasteiger partial charge in [0, 0.05) is 26.2 Å². The van der Waals surface area contributed by atoms with E-state index in [1.165, 1.54) is 26.2 Å². The first-order valence-corrected chi connectivity index (χ1v) is 9.47. The topological polar surface area (TPSA) is 84.9 Å². The van der Waals surface area contributed by atoms with Crippen LogP contribution in [0.3, 0.4) is 0 Å². The second kappa shape index (κ2) is 7.45. The molecule has 0 radical (unpaired) electrons. The number of nitrogens with zero attached hydrogens (tertiary/aromatic N) is 1. The Morgan fingerprint density at radius 1 is 1.12 bits per heavy atom. The van der Waals surface area contributed by atoms with Crippen molar-refractivity contribution in [3.05, 3.63) is 53.6 Å². The molecule has 0 spiro atoms. The van der Waals surface area contributed by atoms with E-state index in [1.54, 1.807) is 12.1 Å². The monoisotopic (exact) mass is 376 g/mol. The van der Waals surface area contributed by atoms with Crippen LogP contribution >= 0.6 is 0 Å². The first kappa shape index (κ1) is 18.4. The normalized spacial score (nSPS) is 13.2. The van der Waals surface area contributed by atoms with E-state index in [0.29, 0.717) is 23.6 Å². The summed E-state index contributed by atoms with van der Waals surface area (Å²) in [6.07, 6.45) is 0. The number of ketones is 1. The van der Waals surface area contributed by atoms with E-state index in [0.717, 1.165) is 9.87 Å². The maximum Gasteiger partial charge on any atom is 0.242 e. The Morgan fingerprint density at radius 3 is 2.65 bits per heavy atom. The molecule has 0 unspecified atom stereocenters. The van der Waals surface area contributed by atoms with Gasteiger partial charge in [-0.1, -0.05) is 18.2 Å². The molecule has 0 saturated carbocycles. The third-order valence-electron chi connectivity index (χ3n) is 3.99. The molecule has 1 aliphatic rings. The van der Waals surface area contributed by atoms with E-state index in [2.05, 4.69) is 5.32 Å². The Hall–Kier alpha value is -2.42. The molecule has 2 aromatic rings. The van der Waals surface area contributed by atoms with Gasteiger partial charge in [-0.15, -0.1) is 0 Å². The first-order chi connectivity index (χ1) is 12.4. The van der Waals surface area contributed by atoms with Crippen molar-refractivity contribution in [3.8, 4) is 11.5 Å². The minimum absolute atomic E-state index is 0.0971. The van der Waals surface area contributed by atoms with Crippen molar-refractivity contribution < 1.29 is 22.7 Å². The number of Topliss-reactive ketones (excluding diaryl/α,β-unsaturated/α-hetero) is 1. The molecule has 1 aliphatic heterocycles. The number of hydrogen-bond acceptors (Lipinski definition) is 6. The van der Waals surface area contributed by atoms with Gasteiger partial charge in [0.25, 0.3) is 0 Å². The fraction of sp³-hybridized carbons (Fsp3) is 0.278. The highest BCUT2D eigenvalue weighted by molar-refractivity contribution is 7.89. The quantitative estimate of drug-likeness (QED) is 0.740. The van der Waals surface area contributed by atoms with Crippen LogP contribution in [0, 0.1) is 0 Å². The number of sulfonamides is 1. The van der Waals surface area contributed by atoms with Crippen LogP contribution in [0.4, 0.5) is 0 Å². The van der Waals surface area contributed by atoms with Crippen LogP contribution in [0.5, 0.6) is 11.5 Å². The van der Waals surface area contributed by atoms with Crippen LogP contribution in [0.2, 0.25) is 0 Å². The third kappa shape index (κ3) is 3.87. The first-order valence-electron chi connectivity index (χ1n) is 8.03. The molecule has 2 aromatic carbocycles. The van der Waals surface area contributed by atoms with Crippen LogP contribution in [0.25, 0.3) is 0 Å². The lowest BCUT2D eigenvalue weighted by Gasteiger charge is -2.12. The summed E-state index contributed by atoms with van der Waals surface area (Å²) in [6.45, 7) is 0.800. The average Bonchev–Trinajstić information content (AvgIpc) is 3.09. The molecule has 0 saturated heterocycles. The van der Waals surface area contributed by atoms with Gasteiger partial charge < -0.3 is 14.8 Å². The van der Waals surface area contributed by atoms with E-state index in [4.69, 9.17) is 9.47 Å². The minimum atomic E-state index is -3.57. The Balaban J connectivity index is 1.62. The van der Waals surface area contributed by atoms with Gasteiger partial charge >= 0.3 is 0 Å². The highest BCUT2D eigenvalue weighted by Gasteiger charge is 2.18. The van der Waals surface area contributed by atoms with Gasteiger partial charge in [0.2, 0.25) is 16.8 Å². The summed E-state index contributed by atoms with van der Waals surface area (Å²) in [6, 6.07) is 11.7. The predicted octanol–water partition coefficient (Wildman–Crippen LogP) is 1.64. The molecule has 0 atom stereocenters. The summed E-state index contributed by atoms with van der Waals surface area (Å²) in [5.74, 6) is 1.22. The second-order valence-electron chi connectivity index (χ2n) is 6.03. The van der Waals surface area contributed by atoms with Crippen LogP contribution in [-0.2, 0) is 16.6 Å². The second-order valence-corrected chi connectivity index (χ2v) is 8.18. The molecule has 1 N–H and O–H groups in total. The van der Waals surface area contributed by atoms with Gasteiger partial charge in [-0.2, -0.15) is 0 Å². The molecule has 138 valence electrons. The Kier molecular flexibility index (Phi) is 5.26. The number of carbonyl (C=O) groups is 1. The number of benzene rings is 2. The summed E-state index contributed by atoms with van der Waals surface area (Å²) in [7, 11) is -0.657. The predicted molar refractivity (Wildman–Crippen MR) is 95.9 cm³/mol. The van der Waals surface area contributed by atoms with Crippen LogP contribution in [0.15, 0.2) is 47.4 Å². The van der Waals surface area contributed by atoms with Gasteiger partial charge in [0.05, 0.1) is 11.4 Å². The zero-order valence-electron chi connectivity index (χ0n) is 14.6. The maximum absolute atomic E-state index is 12.4. The van der Waals surface area contributed by atoms with Crippen LogP contribution < -0.4 is 14.8 Å². The number of carbonyl (C=O) groups excluding carboxylic acids is 1. The lowest BCUT2D eigenvalue weighted by molar-refractivity contribution is 0.0990. The Labute approximate surface area is 152 Å². The smallest absolute Gasteiger partial charge is 0.242 e. The molecular weight excluding hydrogens is 356 g/mol. The number of fused-ring (bicyclic) bond motifs is 1. The molecule has 0 amide bonds. The van der Waals surface area contributed by atoms with Crippen molar-refractivity contribution in [1.29, 1.82) is 0 Å². The molecule has 0 bridgehead atoms. The fourth-order valence-corrected chi connectivity index (χ4v) is 3.46. The zero-order chi connectivity index (χ0) is 18.7. The van der Waals surface area contributed by atoms with Crippen LogP contribution in [-0.4, -0.2) is 45.9 Å². The van der Waals surface area contributed by atoms with Gasteiger partial charge in [-0.3, -0.25) is 4.79 Å². The molecule has 0 aromatic heterocycles. The highest BCUT2D eigenvalue weighted by atomic mass is 32.2. The van der Waals surface area contributed by atoms with E-state index in [-0.39, 0.29) is 24.0 Å². The molecule has 7 nitrogen and oxygen atoms in total. The van der Waals surface area contributed by atoms with Gasteiger partial charge in [-0.25, -0.2) is 12.7 Å². The summed E-state index contributed by atoms with van der Waals surface area (Å²) in [4.78, 5) is 12.5. The van der Waals surface area contributed by atoms with Crippen molar-refractivity contribution in [2.45, 2.75) is 11.4 Å². The maximum atomic E-state index is 12.4. The molecule has 3 rings (SSSR count). The minimum Gasteiger partial charge on any atom is -0.454 e. The van der Waals surface area contributed by atoms with E-state index in [9.17, 15) is 13.2 Å². The van der Waals surface area contributed by atoms with E-state index >= 15 is 0 Å². The molecule has 26 heavy (non-hydrogen) atoms. The molecular formula is C18H20N2O5S. The summed E-state index contributed by atoms with van der Waals surface area (Å²) in [5.41, 5.74) is 1.32. The summed E-state index contributed by atoms with van der Waals surface area (Å²) in [5, 5.41) is 3.07. The number of hydrogen-bond donors (Lipinski definition) is 1. The van der Waals surface area contributed by atoms with Crippen molar-refractivity contribution >= 4 is 15.8 Å². The average molecular weight is 376 g/mol.